The third-order valence-electron chi connectivity index (χ3n) is 6.53. The van der Waals surface area contributed by atoms with Gasteiger partial charge in [0.25, 0.3) is 5.56 Å². The molecule has 0 spiro atoms. The van der Waals surface area contributed by atoms with Crippen LogP contribution in [0, 0.1) is 0 Å². The molecule has 0 bridgehead atoms. The molecule has 0 amide bonds. The lowest BCUT2D eigenvalue weighted by Gasteiger charge is -2.19. The number of halogens is 3. The van der Waals surface area contributed by atoms with Crippen molar-refractivity contribution in [1.29, 1.82) is 0 Å². The summed E-state index contributed by atoms with van der Waals surface area (Å²) in [6.07, 6.45) is -3.43. The van der Waals surface area contributed by atoms with Gasteiger partial charge in [0.15, 0.2) is 0 Å². The molecule has 0 saturated carbocycles. The van der Waals surface area contributed by atoms with Crippen LogP contribution in [0.2, 0.25) is 0 Å². The van der Waals surface area contributed by atoms with Crippen LogP contribution in [-0.2, 0) is 24.4 Å². The van der Waals surface area contributed by atoms with Crippen LogP contribution in [0.1, 0.15) is 46.4 Å². The molecule has 5 rings (SSSR count). The van der Waals surface area contributed by atoms with Crippen molar-refractivity contribution in [3.8, 4) is 5.69 Å². The second-order valence-electron chi connectivity index (χ2n) is 8.60. The van der Waals surface area contributed by atoms with Gasteiger partial charge in [0.2, 0.25) is 0 Å². The van der Waals surface area contributed by atoms with Gasteiger partial charge < -0.3 is 9.30 Å². The molecule has 12 heteroatoms. The van der Waals surface area contributed by atoms with Gasteiger partial charge in [-0.2, -0.15) is 13.2 Å². The molecule has 0 radical (unpaired) electrons. The highest BCUT2D eigenvalue weighted by molar-refractivity contribution is 7.16. The summed E-state index contributed by atoms with van der Waals surface area (Å²) in [4.78, 5) is 51.7. The lowest BCUT2D eigenvalue weighted by Crippen LogP contribution is -2.44. The maximum absolute atomic E-state index is 13.7. The first-order chi connectivity index (χ1) is 17.5. The fourth-order valence-corrected chi connectivity index (χ4v) is 5.73. The number of hydrogen-bond acceptors (Lipinski definition) is 6. The SMILES string of the molecule is CCOC(=O)c1cn(-c2ccc3c(c2)sc(=O)n3C)c(=O)n(C2CCc3c2cccc3C(F)(F)F)c1=O. The molecule has 1 atom stereocenters. The van der Waals surface area contributed by atoms with Crippen LogP contribution >= 0.6 is 11.3 Å². The maximum atomic E-state index is 13.7. The number of carbonyl (C=O) groups excluding carboxylic acids is 1. The van der Waals surface area contributed by atoms with Gasteiger partial charge in [0.05, 0.1) is 34.1 Å². The number of ether oxygens (including phenoxy) is 1. The lowest BCUT2D eigenvalue weighted by atomic mass is 10.0. The minimum atomic E-state index is -4.59. The summed E-state index contributed by atoms with van der Waals surface area (Å²) < 4.78 is 49.8. The normalized spacial score (nSPS) is 15.2. The molecule has 8 nitrogen and oxygen atoms in total. The molecule has 0 saturated heterocycles. The average molecular weight is 532 g/mol. The van der Waals surface area contributed by atoms with E-state index in [4.69, 9.17) is 4.74 Å². The van der Waals surface area contributed by atoms with E-state index in [-0.39, 0.29) is 41.1 Å². The van der Waals surface area contributed by atoms with E-state index in [0.29, 0.717) is 10.2 Å². The predicted molar refractivity (Wildman–Crippen MR) is 131 cm³/mol. The largest absolute Gasteiger partial charge is 0.462 e. The van der Waals surface area contributed by atoms with Crippen molar-refractivity contribution >= 4 is 27.5 Å². The van der Waals surface area contributed by atoms with Gasteiger partial charge in [-0.1, -0.05) is 23.5 Å². The van der Waals surface area contributed by atoms with Crippen molar-refractivity contribution in [2.45, 2.75) is 32.0 Å². The van der Waals surface area contributed by atoms with Crippen molar-refractivity contribution in [3.63, 3.8) is 0 Å². The molecular formula is C25H20F3N3O5S. The van der Waals surface area contributed by atoms with Crippen LogP contribution in [0.4, 0.5) is 13.2 Å². The number of hydrogen-bond donors (Lipinski definition) is 0. The van der Waals surface area contributed by atoms with Gasteiger partial charge >= 0.3 is 22.7 Å². The summed E-state index contributed by atoms with van der Waals surface area (Å²) in [5.41, 5.74) is -1.87. The summed E-state index contributed by atoms with van der Waals surface area (Å²) in [5, 5.41) is 0. The Hall–Kier alpha value is -3.93. The molecule has 192 valence electrons. The summed E-state index contributed by atoms with van der Waals surface area (Å²) in [5.74, 6) is -0.956. The Morgan fingerprint density at radius 2 is 1.92 bits per heavy atom. The molecule has 0 aliphatic heterocycles. The number of esters is 1. The van der Waals surface area contributed by atoms with Crippen molar-refractivity contribution in [3.05, 3.63) is 95.4 Å². The van der Waals surface area contributed by atoms with E-state index in [9.17, 15) is 32.3 Å². The number of alkyl halides is 3. The minimum Gasteiger partial charge on any atom is -0.462 e. The van der Waals surface area contributed by atoms with Gasteiger partial charge in [0, 0.05) is 13.2 Å². The second kappa shape index (κ2) is 8.87. The first-order valence-electron chi connectivity index (χ1n) is 11.4. The molecule has 2 aromatic heterocycles. The van der Waals surface area contributed by atoms with Crippen LogP contribution in [0.15, 0.2) is 57.0 Å². The lowest BCUT2D eigenvalue weighted by molar-refractivity contribution is -0.138. The van der Waals surface area contributed by atoms with Crippen LogP contribution in [0.25, 0.3) is 15.9 Å². The molecular weight excluding hydrogens is 511 g/mol. The third-order valence-corrected chi connectivity index (χ3v) is 7.52. The Morgan fingerprint density at radius 1 is 1.16 bits per heavy atom. The van der Waals surface area contributed by atoms with Gasteiger partial charge in [0.1, 0.15) is 5.56 Å². The van der Waals surface area contributed by atoms with Gasteiger partial charge in [-0.15, -0.1) is 0 Å². The first kappa shape index (κ1) is 24.8. The smallest absolute Gasteiger partial charge is 0.416 e. The fraction of sp³-hybridized carbons (Fsp3) is 0.280. The number of nitrogens with zero attached hydrogens (tertiary/aromatic N) is 3. The Bertz CT molecular complexity index is 1750. The van der Waals surface area contributed by atoms with E-state index in [2.05, 4.69) is 0 Å². The third kappa shape index (κ3) is 4.01. The molecule has 4 aromatic rings. The van der Waals surface area contributed by atoms with E-state index in [0.717, 1.165) is 32.7 Å². The summed E-state index contributed by atoms with van der Waals surface area (Å²) in [6.45, 7) is 1.53. The molecule has 1 aliphatic rings. The van der Waals surface area contributed by atoms with Crippen LogP contribution < -0.4 is 16.1 Å². The number of aryl methyl sites for hydroxylation is 1. The molecule has 2 heterocycles. The zero-order valence-electron chi connectivity index (χ0n) is 19.7. The number of rotatable bonds is 4. The summed E-state index contributed by atoms with van der Waals surface area (Å²) in [6, 6.07) is 7.44. The van der Waals surface area contributed by atoms with Crippen LogP contribution in [0.5, 0.6) is 0 Å². The van der Waals surface area contributed by atoms with Gasteiger partial charge in [-0.05, 0) is 55.2 Å². The van der Waals surface area contributed by atoms with Crippen molar-refractivity contribution in [1.82, 2.24) is 13.7 Å². The molecule has 1 unspecified atom stereocenters. The topological polar surface area (TPSA) is 92.3 Å². The minimum absolute atomic E-state index is 0.00906. The van der Waals surface area contributed by atoms with Crippen LogP contribution in [-0.4, -0.2) is 26.3 Å². The Balaban J connectivity index is 1.76. The zero-order valence-corrected chi connectivity index (χ0v) is 20.5. The van der Waals surface area contributed by atoms with E-state index >= 15 is 0 Å². The number of benzene rings is 2. The van der Waals surface area contributed by atoms with Gasteiger partial charge in [-0.25, -0.2) is 9.59 Å². The molecule has 2 aromatic carbocycles. The van der Waals surface area contributed by atoms with Gasteiger partial charge in [-0.3, -0.25) is 18.7 Å². The standard InChI is InChI=1S/C25H20F3N3O5S/c1-3-36-22(33)16-12-30(13-7-9-19-20(11-13)37-24(35)29(19)2)23(34)31(21(16)32)18-10-8-14-15(18)5-4-6-17(14)25(26,27)28/h4-7,9,11-12,18H,3,8,10H2,1-2H3. The fourth-order valence-electron chi connectivity index (χ4n) is 4.82. The van der Waals surface area contributed by atoms with E-state index in [1.54, 1.807) is 32.2 Å². The first-order valence-corrected chi connectivity index (χ1v) is 12.2. The van der Waals surface area contributed by atoms with Crippen LogP contribution in [0.3, 0.4) is 0 Å². The highest BCUT2D eigenvalue weighted by Gasteiger charge is 2.38. The number of fused-ring (bicyclic) bond motifs is 2. The Labute approximate surface area is 210 Å². The number of carbonyl (C=O) groups is 1. The monoisotopic (exact) mass is 531 g/mol. The highest BCUT2D eigenvalue weighted by atomic mass is 32.1. The molecule has 0 fully saturated rings. The van der Waals surface area contributed by atoms with Crippen molar-refractivity contribution in [2.75, 3.05) is 6.61 Å². The quantitative estimate of drug-likeness (QED) is 0.375. The molecule has 0 N–H and O–H groups in total. The summed E-state index contributed by atoms with van der Waals surface area (Å²) in [7, 11) is 1.61. The second-order valence-corrected chi connectivity index (χ2v) is 9.59. The van der Waals surface area contributed by atoms with E-state index in [1.165, 1.54) is 16.7 Å². The number of thiazole rings is 1. The Morgan fingerprint density at radius 3 is 2.62 bits per heavy atom. The molecule has 1 aliphatic carbocycles. The maximum Gasteiger partial charge on any atom is 0.416 e. The zero-order chi connectivity index (χ0) is 26.6. The van der Waals surface area contributed by atoms with Crippen molar-refractivity contribution < 1.29 is 22.7 Å². The average Bonchev–Trinajstić information content (AvgIpc) is 3.39. The van der Waals surface area contributed by atoms with Crippen molar-refractivity contribution in [2.24, 2.45) is 7.05 Å². The Kier molecular flexibility index (Phi) is 5.94. The summed E-state index contributed by atoms with van der Waals surface area (Å²) >= 11 is 0.965. The molecule has 37 heavy (non-hydrogen) atoms. The highest BCUT2D eigenvalue weighted by Crippen LogP contribution is 2.41. The number of aromatic nitrogens is 3. The van der Waals surface area contributed by atoms with E-state index in [1.807, 2.05) is 0 Å². The predicted octanol–water partition coefficient (Wildman–Crippen LogP) is 3.64. The van der Waals surface area contributed by atoms with E-state index < -0.39 is 40.6 Å².